The number of likely N-dealkylation sites (tertiary alicyclic amines) is 1. The molecule has 10 nitrogen and oxygen atoms in total. The second-order valence-electron chi connectivity index (χ2n) is 3.63. The molecule has 19 heavy (non-hydrogen) atoms. The van der Waals surface area contributed by atoms with Crippen LogP contribution in [-0.2, 0) is 9.36 Å². The summed E-state index contributed by atoms with van der Waals surface area (Å²) in [5.74, 6) is -1.78. The Kier molecular flexibility index (Phi) is 22.9. The Labute approximate surface area is 140 Å². The average molecular weight is 333 g/mol. The standard InChI is InChI=1S/C7H14NO5P.Ca.4H2O/c9-7(10)6-2-1-3-8(4-6)5-14(11,12)13;;;;;/h6H,1-5H2,(H,9,10)(H2,11,12,13);;4*1H2/q;+2;;;;/p-2/t6-;;;;;/m1...../s1. The molecule has 1 saturated heterocycles. The minimum absolute atomic E-state index is 0. The van der Waals surface area contributed by atoms with Gasteiger partial charge in [-0.1, -0.05) is 0 Å². The van der Waals surface area contributed by atoms with Gasteiger partial charge < -0.3 is 51.1 Å². The fraction of sp³-hybridized carbons (Fsp3) is 0.857. The molecule has 1 aliphatic rings. The van der Waals surface area contributed by atoms with E-state index >= 15 is 0 Å². The Morgan fingerprint density at radius 3 is 2.05 bits per heavy atom. The normalized spacial score (nSPS) is 21.2. The first kappa shape index (κ1) is 31.9. The first-order valence-electron chi connectivity index (χ1n) is 4.44. The molecule has 0 aromatic heterocycles. The summed E-state index contributed by atoms with van der Waals surface area (Å²) in [6, 6.07) is 0. The van der Waals surface area contributed by atoms with Crippen molar-refractivity contribution < 1.29 is 51.1 Å². The molecule has 1 rings (SSSR count). The van der Waals surface area contributed by atoms with Crippen LogP contribution in [0.5, 0.6) is 0 Å². The van der Waals surface area contributed by atoms with Crippen LogP contribution in [0.3, 0.4) is 0 Å². The van der Waals surface area contributed by atoms with Gasteiger partial charge in [0.2, 0.25) is 0 Å². The van der Waals surface area contributed by atoms with Crippen molar-refractivity contribution in [3.05, 3.63) is 0 Å². The zero-order valence-electron chi connectivity index (χ0n) is 10.3. The molecule has 0 aromatic carbocycles. The average Bonchev–Trinajstić information content (AvgIpc) is 2.01. The van der Waals surface area contributed by atoms with Crippen molar-refractivity contribution in [2.75, 3.05) is 19.4 Å². The Bertz CT molecular complexity index is 273. The van der Waals surface area contributed by atoms with Crippen LogP contribution in [0.25, 0.3) is 0 Å². The number of carboxylic acids is 1. The third kappa shape index (κ3) is 13.4. The van der Waals surface area contributed by atoms with E-state index in [0.717, 1.165) is 0 Å². The van der Waals surface area contributed by atoms with Gasteiger partial charge in [0.15, 0.2) is 0 Å². The number of nitrogens with one attached hydrogen (secondary N) is 1. The van der Waals surface area contributed by atoms with E-state index < -0.39 is 25.8 Å². The molecule has 9 N–H and O–H groups in total. The first-order valence-corrected chi connectivity index (χ1v) is 6.17. The number of aliphatic carboxylic acids is 1. The van der Waals surface area contributed by atoms with Crippen molar-refractivity contribution in [2.45, 2.75) is 12.8 Å². The molecule has 114 valence electrons. The van der Waals surface area contributed by atoms with Gasteiger partial charge in [-0.25, -0.2) is 0 Å². The molecule has 0 amide bonds. The topological polar surface area (TPSA) is 234 Å². The van der Waals surface area contributed by atoms with Gasteiger partial charge in [-0.05, 0) is 20.4 Å². The van der Waals surface area contributed by atoms with Gasteiger partial charge in [0.1, 0.15) is 6.29 Å². The first-order chi connectivity index (χ1) is 6.38. The van der Waals surface area contributed by atoms with Crippen molar-refractivity contribution in [1.82, 2.24) is 0 Å². The Morgan fingerprint density at radius 2 is 1.68 bits per heavy atom. The number of piperidine rings is 1. The third-order valence-electron chi connectivity index (χ3n) is 2.37. The van der Waals surface area contributed by atoms with E-state index in [1.165, 1.54) is 0 Å². The minimum Gasteiger partial charge on any atom is -0.807 e. The van der Waals surface area contributed by atoms with Gasteiger partial charge in [-0.2, -0.15) is 0 Å². The molecule has 0 aromatic rings. The fourth-order valence-corrected chi connectivity index (χ4v) is 2.60. The van der Waals surface area contributed by atoms with E-state index in [2.05, 4.69) is 0 Å². The second kappa shape index (κ2) is 13.7. The smallest absolute Gasteiger partial charge is 0.807 e. The van der Waals surface area contributed by atoms with Crippen molar-refractivity contribution >= 4 is 51.3 Å². The molecule has 1 fully saturated rings. The number of hydrogen-bond acceptors (Lipinski definition) is 5. The summed E-state index contributed by atoms with van der Waals surface area (Å²) in [4.78, 5) is 32.0. The van der Waals surface area contributed by atoms with E-state index in [1.54, 1.807) is 0 Å². The second-order valence-corrected chi connectivity index (χ2v) is 5.17. The van der Waals surface area contributed by atoms with Gasteiger partial charge in [0.05, 0.1) is 19.1 Å². The zero-order valence-corrected chi connectivity index (χ0v) is 13.4. The Morgan fingerprint density at radius 1 is 1.21 bits per heavy atom. The molecule has 0 saturated carbocycles. The molecular formula is C7H20CaNO9P. The zero-order chi connectivity index (χ0) is 10.8. The van der Waals surface area contributed by atoms with Crippen LogP contribution in [0.1, 0.15) is 12.8 Å². The summed E-state index contributed by atoms with van der Waals surface area (Å²) < 4.78 is 10.5. The van der Waals surface area contributed by atoms with E-state index in [4.69, 9.17) is 0 Å². The number of rotatable bonds is 3. The van der Waals surface area contributed by atoms with Crippen LogP contribution in [0.4, 0.5) is 0 Å². The van der Waals surface area contributed by atoms with Gasteiger partial charge in [-0.3, -0.25) is 0 Å². The van der Waals surface area contributed by atoms with Crippen LogP contribution in [0.15, 0.2) is 0 Å². The molecule has 0 radical (unpaired) electrons. The number of carboxylic acid groups (broad SMARTS) is 1. The van der Waals surface area contributed by atoms with Crippen LogP contribution in [0, 0.1) is 5.92 Å². The van der Waals surface area contributed by atoms with Crippen LogP contribution in [0.2, 0.25) is 0 Å². The summed E-state index contributed by atoms with van der Waals surface area (Å²) in [6.45, 7) is 0.717. The van der Waals surface area contributed by atoms with Gasteiger partial charge in [0.25, 0.3) is 0 Å². The molecule has 2 atom stereocenters. The molecule has 0 bridgehead atoms. The third-order valence-corrected chi connectivity index (χ3v) is 3.20. The summed E-state index contributed by atoms with van der Waals surface area (Å²) >= 11 is 0. The van der Waals surface area contributed by atoms with Crippen LogP contribution < -0.4 is 19.8 Å². The van der Waals surface area contributed by atoms with Crippen molar-refractivity contribution in [1.29, 1.82) is 0 Å². The summed E-state index contributed by atoms with van der Waals surface area (Å²) in [6.07, 6.45) is 0.624. The number of carbonyl (C=O) groups is 1. The van der Waals surface area contributed by atoms with Crippen molar-refractivity contribution in [2.24, 2.45) is 5.92 Å². The summed E-state index contributed by atoms with van der Waals surface area (Å²) in [5, 5.41) is 10.5. The molecular weight excluding hydrogens is 313 g/mol. The van der Waals surface area contributed by atoms with E-state index in [1.807, 2.05) is 0 Å². The maximum Gasteiger partial charge on any atom is 2.00 e. The molecule has 0 spiro atoms. The van der Waals surface area contributed by atoms with Crippen LogP contribution in [-0.4, -0.2) is 85.0 Å². The Balaban J connectivity index is -0.000000131. The fourth-order valence-electron chi connectivity index (χ4n) is 1.77. The van der Waals surface area contributed by atoms with Gasteiger partial charge >= 0.3 is 37.7 Å². The van der Waals surface area contributed by atoms with Crippen molar-refractivity contribution in [3.8, 4) is 0 Å². The number of carbonyl (C=O) groups excluding carboxylic acids is 1. The molecule has 12 heteroatoms. The van der Waals surface area contributed by atoms with Gasteiger partial charge in [-0.15, -0.1) is 0 Å². The SMILES string of the molecule is O.O.O.O.O=C([O-])[C@@H]1CCC[NH+](CP(=O)([O-])[O-])C1.[Ca+2]. The summed E-state index contributed by atoms with van der Waals surface area (Å²) in [5.41, 5.74) is 0. The quantitative estimate of drug-likeness (QED) is 0.390. The largest absolute Gasteiger partial charge is 2.00 e. The maximum atomic E-state index is 10.5. The van der Waals surface area contributed by atoms with E-state index in [0.29, 0.717) is 24.3 Å². The molecule has 1 heterocycles. The predicted molar refractivity (Wildman–Crippen MR) is 61.1 cm³/mol. The maximum absolute atomic E-state index is 10.5. The van der Waals surface area contributed by atoms with Crippen molar-refractivity contribution in [3.63, 3.8) is 0 Å². The molecule has 1 aliphatic heterocycles. The minimum atomic E-state index is -4.54. The number of quaternary nitrogens is 1. The summed E-state index contributed by atoms with van der Waals surface area (Å²) in [7, 11) is -4.54. The molecule has 0 aliphatic carbocycles. The van der Waals surface area contributed by atoms with Gasteiger partial charge in [0, 0.05) is 5.92 Å². The number of hydrogen-bond donors (Lipinski definition) is 1. The van der Waals surface area contributed by atoms with E-state index in [-0.39, 0.29) is 66.2 Å². The van der Waals surface area contributed by atoms with E-state index in [9.17, 15) is 24.3 Å². The monoisotopic (exact) mass is 333 g/mol. The molecule has 1 unspecified atom stereocenters. The predicted octanol–water partition coefficient (Wildman–Crippen LogP) is -7.78. The Hall–Kier alpha value is 0.680. The van der Waals surface area contributed by atoms with Crippen LogP contribution >= 0.6 is 7.60 Å².